The molecular weight excluding hydrogens is 246 g/mol. The van der Waals surface area contributed by atoms with E-state index < -0.39 is 0 Å². The van der Waals surface area contributed by atoms with E-state index in [1.807, 2.05) is 19.3 Å². The first-order valence-electron chi connectivity index (χ1n) is 8.02. The Morgan fingerprint density at radius 3 is 2.30 bits per heavy atom. The van der Waals surface area contributed by atoms with Gasteiger partial charge in [0.1, 0.15) is 5.82 Å². The van der Waals surface area contributed by atoms with Crippen molar-refractivity contribution in [2.45, 2.75) is 72.4 Å². The van der Waals surface area contributed by atoms with Crippen LogP contribution in [0.2, 0.25) is 0 Å². The van der Waals surface area contributed by atoms with Gasteiger partial charge in [-0.25, -0.2) is 9.97 Å². The summed E-state index contributed by atoms with van der Waals surface area (Å²) in [7, 11) is 0. The van der Waals surface area contributed by atoms with Crippen LogP contribution in [0, 0.1) is 18.3 Å². The van der Waals surface area contributed by atoms with Gasteiger partial charge in [0, 0.05) is 30.5 Å². The topological polar surface area (TPSA) is 37.8 Å². The second-order valence-corrected chi connectivity index (χ2v) is 6.91. The van der Waals surface area contributed by atoms with Crippen molar-refractivity contribution >= 4 is 0 Å². The predicted molar refractivity (Wildman–Crippen MR) is 83.4 cm³/mol. The molecule has 1 heterocycles. The lowest BCUT2D eigenvalue weighted by Crippen LogP contribution is -2.36. The number of hydrogen-bond acceptors (Lipinski definition) is 3. The number of nitrogens with one attached hydrogen (secondary N) is 1. The molecule has 0 amide bonds. The van der Waals surface area contributed by atoms with Crippen LogP contribution < -0.4 is 5.32 Å². The summed E-state index contributed by atoms with van der Waals surface area (Å²) in [5, 5.41) is 3.67. The molecule has 1 aromatic rings. The van der Waals surface area contributed by atoms with E-state index in [4.69, 9.17) is 0 Å². The standard InChI is InChI=1S/C17H29N3/c1-5-17(3,4)15-6-8-16(9-7-15)20-12-14-10-18-13(2)19-11-14/h10-11,15-16,20H,5-9,12H2,1-4H3. The molecule has 1 aliphatic rings. The highest BCUT2D eigenvalue weighted by atomic mass is 14.9. The predicted octanol–water partition coefficient (Wildman–Crippen LogP) is 3.87. The molecule has 0 bridgehead atoms. The van der Waals surface area contributed by atoms with E-state index in [1.165, 1.54) is 37.7 Å². The lowest BCUT2D eigenvalue weighted by Gasteiger charge is -2.39. The molecule has 0 atom stereocenters. The van der Waals surface area contributed by atoms with E-state index in [1.54, 1.807) is 0 Å². The highest BCUT2D eigenvalue weighted by Gasteiger charge is 2.31. The van der Waals surface area contributed by atoms with Crippen molar-refractivity contribution in [1.29, 1.82) is 0 Å². The maximum atomic E-state index is 4.25. The monoisotopic (exact) mass is 275 g/mol. The third-order valence-corrected chi connectivity index (χ3v) is 5.17. The van der Waals surface area contributed by atoms with E-state index >= 15 is 0 Å². The van der Waals surface area contributed by atoms with E-state index in [0.717, 1.165) is 18.3 Å². The van der Waals surface area contributed by atoms with Crippen molar-refractivity contribution in [3.8, 4) is 0 Å². The highest BCUT2D eigenvalue weighted by Crippen LogP contribution is 2.40. The zero-order valence-corrected chi connectivity index (χ0v) is 13.4. The molecule has 0 saturated heterocycles. The maximum absolute atomic E-state index is 4.25. The second kappa shape index (κ2) is 6.66. The molecule has 0 aromatic carbocycles. The Morgan fingerprint density at radius 2 is 1.75 bits per heavy atom. The van der Waals surface area contributed by atoms with Gasteiger partial charge in [-0.3, -0.25) is 0 Å². The van der Waals surface area contributed by atoms with Gasteiger partial charge in [0.15, 0.2) is 0 Å². The average Bonchev–Trinajstić information content (AvgIpc) is 2.47. The molecule has 1 aliphatic carbocycles. The molecule has 0 radical (unpaired) electrons. The summed E-state index contributed by atoms with van der Waals surface area (Å²) in [4.78, 5) is 8.49. The Balaban J connectivity index is 1.76. The minimum absolute atomic E-state index is 0.510. The van der Waals surface area contributed by atoms with Gasteiger partial charge in [-0.2, -0.15) is 0 Å². The van der Waals surface area contributed by atoms with Crippen LogP contribution in [-0.2, 0) is 6.54 Å². The van der Waals surface area contributed by atoms with Gasteiger partial charge in [-0.05, 0) is 43.9 Å². The van der Waals surface area contributed by atoms with Crippen LogP contribution in [0.15, 0.2) is 12.4 Å². The van der Waals surface area contributed by atoms with E-state index in [2.05, 4.69) is 36.1 Å². The van der Waals surface area contributed by atoms with E-state index in [-0.39, 0.29) is 0 Å². The van der Waals surface area contributed by atoms with Crippen LogP contribution in [0.1, 0.15) is 64.3 Å². The third-order valence-electron chi connectivity index (χ3n) is 5.17. The third kappa shape index (κ3) is 4.02. The molecule has 0 unspecified atom stereocenters. The van der Waals surface area contributed by atoms with Crippen molar-refractivity contribution in [2.24, 2.45) is 11.3 Å². The lowest BCUT2D eigenvalue weighted by atomic mass is 9.69. The molecule has 0 aliphatic heterocycles. The minimum atomic E-state index is 0.510. The average molecular weight is 275 g/mol. The van der Waals surface area contributed by atoms with Crippen molar-refractivity contribution in [2.75, 3.05) is 0 Å². The summed E-state index contributed by atoms with van der Waals surface area (Å²) in [6.07, 6.45) is 10.5. The number of nitrogens with zero attached hydrogens (tertiary/aromatic N) is 2. The number of aromatic nitrogens is 2. The Kier molecular flexibility index (Phi) is 5.14. The zero-order valence-electron chi connectivity index (χ0n) is 13.4. The van der Waals surface area contributed by atoms with Crippen LogP contribution in [0.5, 0.6) is 0 Å². The van der Waals surface area contributed by atoms with Gasteiger partial charge < -0.3 is 5.32 Å². The molecule has 3 heteroatoms. The number of rotatable bonds is 5. The van der Waals surface area contributed by atoms with Crippen LogP contribution in [0.4, 0.5) is 0 Å². The summed E-state index contributed by atoms with van der Waals surface area (Å²) in [6.45, 7) is 9.99. The molecular formula is C17H29N3. The molecule has 1 saturated carbocycles. The first kappa shape index (κ1) is 15.4. The Hall–Kier alpha value is -0.960. The SMILES string of the molecule is CCC(C)(C)C1CCC(NCc2cnc(C)nc2)CC1. The van der Waals surface area contributed by atoms with Gasteiger partial charge in [-0.1, -0.05) is 27.2 Å². The maximum Gasteiger partial charge on any atom is 0.125 e. The van der Waals surface area contributed by atoms with Crippen molar-refractivity contribution in [1.82, 2.24) is 15.3 Å². The van der Waals surface area contributed by atoms with Crippen LogP contribution in [-0.4, -0.2) is 16.0 Å². The van der Waals surface area contributed by atoms with Gasteiger partial charge >= 0.3 is 0 Å². The lowest BCUT2D eigenvalue weighted by molar-refractivity contribution is 0.137. The number of hydrogen-bond donors (Lipinski definition) is 1. The van der Waals surface area contributed by atoms with Gasteiger partial charge in [0.2, 0.25) is 0 Å². The molecule has 2 rings (SSSR count). The highest BCUT2D eigenvalue weighted by molar-refractivity contribution is 5.04. The number of aryl methyl sites for hydroxylation is 1. The molecule has 1 fully saturated rings. The quantitative estimate of drug-likeness (QED) is 0.886. The summed E-state index contributed by atoms with van der Waals surface area (Å²) in [5.41, 5.74) is 1.70. The van der Waals surface area contributed by atoms with Gasteiger partial charge in [0.25, 0.3) is 0 Å². The fourth-order valence-corrected chi connectivity index (χ4v) is 3.14. The van der Waals surface area contributed by atoms with Crippen molar-refractivity contribution in [3.05, 3.63) is 23.8 Å². The molecule has 0 spiro atoms. The van der Waals surface area contributed by atoms with Crippen molar-refractivity contribution in [3.63, 3.8) is 0 Å². The molecule has 20 heavy (non-hydrogen) atoms. The van der Waals surface area contributed by atoms with E-state index in [9.17, 15) is 0 Å². The van der Waals surface area contributed by atoms with Gasteiger partial charge in [0.05, 0.1) is 0 Å². The first-order chi connectivity index (χ1) is 9.51. The Bertz CT molecular complexity index is 403. The minimum Gasteiger partial charge on any atom is -0.310 e. The Labute approximate surface area is 123 Å². The second-order valence-electron chi connectivity index (χ2n) is 6.91. The van der Waals surface area contributed by atoms with Crippen LogP contribution in [0.3, 0.4) is 0 Å². The molecule has 112 valence electrons. The van der Waals surface area contributed by atoms with Crippen LogP contribution in [0.25, 0.3) is 0 Å². The van der Waals surface area contributed by atoms with E-state index in [0.29, 0.717) is 11.5 Å². The first-order valence-corrected chi connectivity index (χ1v) is 8.02. The summed E-state index contributed by atoms with van der Waals surface area (Å²) >= 11 is 0. The Morgan fingerprint density at radius 1 is 1.15 bits per heavy atom. The molecule has 1 aromatic heterocycles. The molecule has 3 nitrogen and oxygen atoms in total. The zero-order chi connectivity index (χ0) is 14.6. The summed E-state index contributed by atoms with van der Waals surface area (Å²) < 4.78 is 0. The molecule has 1 N–H and O–H groups in total. The van der Waals surface area contributed by atoms with Crippen molar-refractivity contribution < 1.29 is 0 Å². The largest absolute Gasteiger partial charge is 0.310 e. The summed E-state index contributed by atoms with van der Waals surface area (Å²) in [5.74, 6) is 1.74. The van der Waals surface area contributed by atoms with Gasteiger partial charge in [-0.15, -0.1) is 0 Å². The smallest absolute Gasteiger partial charge is 0.125 e. The fourth-order valence-electron chi connectivity index (χ4n) is 3.14. The summed E-state index contributed by atoms with van der Waals surface area (Å²) in [6, 6.07) is 0.667. The fraction of sp³-hybridized carbons (Fsp3) is 0.765. The normalized spacial score (nSPS) is 23.8. The van der Waals surface area contributed by atoms with Crippen LogP contribution >= 0.6 is 0 Å².